The van der Waals surface area contributed by atoms with Gasteiger partial charge in [-0.05, 0) is 18.2 Å². The van der Waals surface area contributed by atoms with Gasteiger partial charge < -0.3 is 10.3 Å². The van der Waals surface area contributed by atoms with Gasteiger partial charge in [-0.3, -0.25) is 4.79 Å². The van der Waals surface area contributed by atoms with Gasteiger partial charge in [0.05, 0.1) is 5.56 Å². The van der Waals surface area contributed by atoms with Crippen molar-refractivity contribution in [2.24, 2.45) is 0 Å². The van der Waals surface area contributed by atoms with Gasteiger partial charge >= 0.3 is 6.18 Å². The van der Waals surface area contributed by atoms with Crippen LogP contribution in [0.2, 0.25) is 0 Å². The van der Waals surface area contributed by atoms with Crippen LogP contribution >= 0.6 is 0 Å². The summed E-state index contributed by atoms with van der Waals surface area (Å²) in [6.07, 6.45) is -4.51. The van der Waals surface area contributed by atoms with Crippen molar-refractivity contribution < 1.29 is 13.2 Å². The Morgan fingerprint density at radius 1 is 1.08 bits per heavy atom. The zero-order valence-corrected chi connectivity index (χ0v) is 13.1. The number of H-pyrrole nitrogens is 1. The number of rotatable bonds is 3. The van der Waals surface area contributed by atoms with Gasteiger partial charge in [0.2, 0.25) is 0 Å². The quantitative estimate of drug-likeness (QED) is 0.741. The molecule has 0 radical (unpaired) electrons. The summed E-state index contributed by atoms with van der Waals surface area (Å²) in [4.78, 5) is 18.8. The minimum absolute atomic E-state index is 0.0634. The van der Waals surface area contributed by atoms with E-state index < -0.39 is 17.3 Å². The first-order valence-electron chi connectivity index (χ1n) is 7.42. The highest BCUT2D eigenvalue weighted by Gasteiger charge is 2.30. The van der Waals surface area contributed by atoms with Crippen molar-refractivity contribution in [2.45, 2.75) is 6.18 Å². The molecule has 0 aliphatic carbocycles. The minimum atomic E-state index is -4.51. The molecule has 1 aromatic heterocycles. The molecule has 8 heteroatoms. The Morgan fingerprint density at radius 2 is 1.81 bits per heavy atom. The maximum atomic E-state index is 12.9. The molecule has 2 N–H and O–H groups in total. The molecule has 3 aromatic rings. The highest BCUT2D eigenvalue weighted by Crippen LogP contribution is 2.31. The van der Waals surface area contributed by atoms with Crippen molar-refractivity contribution in [3.63, 3.8) is 0 Å². The summed E-state index contributed by atoms with van der Waals surface area (Å²) in [6.45, 7) is 0. The van der Waals surface area contributed by atoms with E-state index in [0.717, 1.165) is 12.1 Å². The van der Waals surface area contributed by atoms with Gasteiger partial charge in [-0.2, -0.15) is 18.4 Å². The lowest BCUT2D eigenvalue weighted by Gasteiger charge is -2.12. The molecule has 0 saturated carbocycles. The van der Waals surface area contributed by atoms with Gasteiger partial charge in [0, 0.05) is 11.3 Å². The number of anilines is 2. The van der Waals surface area contributed by atoms with Crippen molar-refractivity contribution in [3.8, 4) is 17.5 Å². The van der Waals surface area contributed by atoms with Crippen molar-refractivity contribution in [3.05, 3.63) is 76.1 Å². The van der Waals surface area contributed by atoms with Crippen molar-refractivity contribution in [1.29, 1.82) is 5.26 Å². The summed E-state index contributed by atoms with van der Waals surface area (Å²) in [5, 5.41) is 11.8. The summed E-state index contributed by atoms with van der Waals surface area (Å²) in [6, 6.07) is 14.8. The number of nitrogens with one attached hydrogen (secondary N) is 2. The second kappa shape index (κ2) is 6.72. The molecule has 1 heterocycles. The zero-order chi connectivity index (χ0) is 18.7. The first-order valence-corrected chi connectivity index (χ1v) is 7.42. The first kappa shape index (κ1) is 17.2. The van der Waals surface area contributed by atoms with E-state index >= 15 is 0 Å². The third-order valence-electron chi connectivity index (χ3n) is 3.53. The maximum absolute atomic E-state index is 12.9. The van der Waals surface area contributed by atoms with Crippen molar-refractivity contribution >= 4 is 11.5 Å². The third-order valence-corrected chi connectivity index (χ3v) is 3.53. The summed E-state index contributed by atoms with van der Waals surface area (Å²) in [7, 11) is 0. The molecule has 0 fully saturated rings. The molecule has 0 amide bonds. The second-order valence-electron chi connectivity index (χ2n) is 5.32. The van der Waals surface area contributed by atoms with E-state index in [1.165, 1.54) is 12.1 Å². The molecule has 0 unspecified atom stereocenters. The zero-order valence-electron chi connectivity index (χ0n) is 13.1. The minimum Gasteiger partial charge on any atom is -0.339 e. The fourth-order valence-corrected chi connectivity index (χ4v) is 2.31. The van der Waals surface area contributed by atoms with Crippen LogP contribution < -0.4 is 10.9 Å². The van der Waals surface area contributed by atoms with E-state index in [1.54, 1.807) is 36.4 Å². The number of alkyl halides is 3. The predicted octanol–water partition coefficient (Wildman–Crippen LogP) is 4.07. The average Bonchev–Trinajstić information content (AvgIpc) is 2.62. The molecule has 2 aromatic carbocycles. The van der Waals surface area contributed by atoms with Crippen molar-refractivity contribution in [2.75, 3.05) is 5.32 Å². The number of benzene rings is 2. The van der Waals surface area contributed by atoms with Gasteiger partial charge in [0.1, 0.15) is 11.9 Å². The van der Waals surface area contributed by atoms with Gasteiger partial charge in [-0.25, -0.2) is 4.98 Å². The number of hydrogen-bond acceptors (Lipinski definition) is 4. The normalized spacial score (nSPS) is 11.0. The lowest BCUT2D eigenvalue weighted by Crippen LogP contribution is -2.16. The maximum Gasteiger partial charge on any atom is 0.416 e. The van der Waals surface area contributed by atoms with Crippen LogP contribution in [0, 0.1) is 11.3 Å². The molecule has 0 bridgehead atoms. The van der Waals surface area contributed by atoms with E-state index in [4.69, 9.17) is 0 Å². The number of nitrogens with zero attached hydrogens (tertiary/aromatic N) is 2. The molecular formula is C18H11F3N4O. The molecule has 0 saturated heterocycles. The predicted molar refractivity (Wildman–Crippen MR) is 89.7 cm³/mol. The molecule has 0 spiro atoms. The van der Waals surface area contributed by atoms with Crippen LogP contribution in [0.3, 0.4) is 0 Å². The molecular weight excluding hydrogens is 345 g/mol. The Morgan fingerprint density at radius 3 is 2.46 bits per heavy atom. The van der Waals surface area contributed by atoms with Gasteiger partial charge in [-0.1, -0.05) is 36.4 Å². The largest absolute Gasteiger partial charge is 0.416 e. The highest BCUT2D eigenvalue weighted by atomic mass is 19.4. The average molecular weight is 356 g/mol. The van der Waals surface area contributed by atoms with Crippen LogP contribution in [0.15, 0.2) is 59.4 Å². The number of nitriles is 1. The second-order valence-corrected chi connectivity index (χ2v) is 5.32. The lowest BCUT2D eigenvalue weighted by atomic mass is 10.2. The van der Waals surface area contributed by atoms with E-state index in [9.17, 15) is 23.2 Å². The SMILES string of the molecule is N#Cc1c(Nc2cccc(C(F)(F)F)c2)nc(-c2ccccc2)[nH]c1=O. The first-order chi connectivity index (χ1) is 12.4. The third kappa shape index (κ3) is 3.57. The molecule has 0 aliphatic rings. The van der Waals surface area contributed by atoms with Gasteiger partial charge in [0.25, 0.3) is 5.56 Å². The Hall–Kier alpha value is -3.60. The van der Waals surface area contributed by atoms with E-state index in [-0.39, 0.29) is 22.9 Å². The van der Waals surface area contributed by atoms with Crippen molar-refractivity contribution in [1.82, 2.24) is 9.97 Å². The molecule has 26 heavy (non-hydrogen) atoms. The number of aromatic nitrogens is 2. The van der Waals surface area contributed by atoms with E-state index in [2.05, 4.69) is 15.3 Å². The standard InChI is InChI=1S/C18H11F3N4O/c19-18(20,21)12-7-4-8-13(9-12)23-16-14(10-22)17(26)25-15(24-16)11-5-2-1-3-6-11/h1-9H,(H2,23,24,25,26). The molecule has 0 atom stereocenters. The number of aromatic amines is 1. The fourth-order valence-electron chi connectivity index (χ4n) is 2.31. The Kier molecular flexibility index (Phi) is 4.45. The van der Waals surface area contributed by atoms with Crippen LogP contribution in [-0.2, 0) is 6.18 Å². The van der Waals surface area contributed by atoms with Crippen LogP contribution in [0.5, 0.6) is 0 Å². The van der Waals surface area contributed by atoms with Gasteiger partial charge in [0.15, 0.2) is 11.4 Å². The number of hydrogen-bond donors (Lipinski definition) is 2. The molecule has 130 valence electrons. The van der Waals surface area contributed by atoms with Crippen LogP contribution in [0.1, 0.15) is 11.1 Å². The summed E-state index contributed by atoms with van der Waals surface area (Å²) >= 11 is 0. The van der Waals surface area contributed by atoms with Gasteiger partial charge in [-0.15, -0.1) is 0 Å². The van der Waals surface area contributed by atoms with E-state index in [1.807, 2.05) is 0 Å². The number of halogens is 3. The summed E-state index contributed by atoms with van der Waals surface area (Å²) in [5.74, 6) is 0.0819. The Labute approximate surface area is 145 Å². The topological polar surface area (TPSA) is 81.6 Å². The monoisotopic (exact) mass is 356 g/mol. The summed E-state index contributed by atoms with van der Waals surface area (Å²) < 4.78 is 38.6. The van der Waals surface area contributed by atoms with Crippen LogP contribution in [0.4, 0.5) is 24.7 Å². The fraction of sp³-hybridized carbons (Fsp3) is 0.0556. The smallest absolute Gasteiger partial charge is 0.339 e. The summed E-state index contributed by atoms with van der Waals surface area (Å²) in [5.41, 5.74) is -1.19. The lowest BCUT2D eigenvalue weighted by molar-refractivity contribution is -0.137. The molecule has 0 aliphatic heterocycles. The molecule has 5 nitrogen and oxygen atoms in total. The Bertz CT molecular complexity index is 1040. The van der Waals surface area contributed by atoms with Crippen LogP contribution in [-0.4, -0.2) is 9.97 Å². The van der Waals surface area contributed by atoms with Crippen LogP contribution in [0.25, 0.3) is 11.4 Å². The molecule has 3 rings (SSSR count). The highest BCUT2D eigenvalue weighted by molar-refractivity contribution is 5.66. The Balaban J connectivity index is 2.06. The van der Waals surface area contributed by atoms with E-state index in [0.29, 0.717) is 5.56 Å².